The molecular weight excluding hydrogens is 256 g/mol. The van der Waals surface area contributed by atoms with Crippen LogP contribution in [0.3, 0.4) is 0 Å². The molecule has 2 heteroatoms. The van der Waals surface area contributed by atoms with Gasteiger partial charge < -0.3 is 0 Å². The Bertz CT molecular complexity index is 621. The zero-order valence-electron chi connectivity index (χ0n) is 13.7. The van der Waals surface area contributed by atoms with Crippen molar-refractivity contribution in [1.82, 2.24) is 5.43 Å². The Kier molecular flexibility index (Phi) is 4.81. The van der Waals surface area contributed by atoms with Crippen molar-refractivity contribution in [2.45, 2.75) is 47.1 Å². The average Bonchev–Trinajstić information content (AvgIpc) is 2.39. The van der Waals surface area contributed by atoms with Crippen molar-refractivity contribution in [3.05, 3.63) is 69.3 Å². The number of nitrogens with two attached hydrogens (primary N) is 1. The van der Waals surface area contributed by atoms with Crippen LogP contribution in [0.15, 0.2) is 30.3 Å². The number of rotatable bonds is 4. The molecule has 0 radical (unpaired) electrons. The second kappa shape index (κ2) is 6.42. The van der Waals surface area contributed by atoms with Crippen molar-refractivity contribution in [3.8, 4) is 0 Å². The van der Waals surface area contributed by atoms with Gasteiger partial charge in [0.05, 0.1) is 6.04 Å². The molecule has 3 N–H and O–H groups in total. The van der Waals surface area contributed by atoms with E-state index in [1.807, 2.05) is 0 Å². The SMILES string of the molecule is Cc1ccc(C(Cc2c(C)cc(C)cc2C)NN)c(C)c1. The number of aryl methyl sites for hydroxylation is 5. The number of benzene rings is 2. The van der Waals surface area contributed by atoms with Gasteiger partial charge in [-0.05, 0) is 68.9 Å². The number of hydrogen-bond donors (Lipinski definition) is 2. The molecule has 0 aliphatic carbocycles. The number of nitrogens with one attached hydrogen (secondary N) is 1. The summed E-state index contributed by atoms with van der Waals surface area (Å²) in [5.74, 6) is 5.84. The molecule has 2 nitrogen and oxygen atoms in total. The first-order valence-electron chi connectivity index (χ1n) is 7.52. The average molecular weight is 282 g/mol. The van der Waals surface area contributed by atoms with Crippen LogP contribution in [-0.2, 0) is 6.42 Å². The van der Waals surface area contributed by atoms with Crippen LogP contribution >= 0.6 is 0 Å². The molecule has 0 saturated carbocycles. The van der Waals surface area contributed by atoms with E-state index < -0.39 is 0 Å². The van der Waals surface area contributed by atoms with Crippen molar-refractivity contribution in [1.29, 1.82) is 0 Å². The standard InChI is InChI=1S/C19H26N2/c1-12-6-7-17(14(3)8-12)19(21-20)11-18-15(4)9-13(2)10-16(18)5/h6-10,19,21H,11,20H2,1-5H3. The zero-order valence-corrected chi connectivity index (χ0v) is 13.7. The number of hydrogen-bond acceptors (Lipinski definition) is 2. The van der Waals surface area contributed by atoms with Crippen LogP contribution in [0.1, 0.15) is 45.0 Å². The van der Waals surface area contributed by atoms with Crippen LogP contribution in [0.25, 0.3) is 0 Å². The summed E-state index contributed by atoms with van der Waals surface area (Å²) in [7, 11) is 0. The van der Waals surface area contributed by atoms with Crippen LogP contribution in [-0.4, -0.2) is 0 Å². The van der Waals surface area contributed by atoms with Gasteiger partial charge in [-0.1, -0.05) is 41.5 Å². The molecule has 0 aliphatic rings. The highest BCUT2D eigenvalue weighted by molar-refractivity contribution is 5.40. The Morgan fingerprint density at radius 3 is 1.95 bits per heavy atom. The first-order valence-corrected chi connectivity index (χ1v) is 7.52. The molecule has 0 heterocycles. The van der Waals surface area contributed by atoms with E-state index in [0.717, 1.165) is 6.42 Å². The van der Waals surface area contributed by atoms with Crippen LogP contribution in [0, 0.1) is 34.6 Å². The second-order valence-corrected chi connectivity index (χ2v) is 6.16. The lowest BCUT2D eigenvalue weighted by molar-refractivity contribution is 0.547. The second-order valence-electron chi connectivity index (χ2n) is 6.16. The predicted octanol–water partition coefficient (Wildman–Crippen LogP) is 3.98. The van der Waals surface area contributed by atoms with Gasteiger partial charge in [-0.15, -0.1) is 0 Å². The molecule has 0 aliphatic heterocycles. The molecule has 0 fully saturated rings. The van der Waals surface area contributed by atoms with Crippen LogP contribution in [0.2, 0.25) is 0 Å². The third-order valence-corrected chi connectivity index (χ3v) is 4.25. The quantitative estimate of drug-likeness (QED) is 0.657. The fourth-order valence-electron chi connectivity index (χ4n) is 3.21. The van der Waals surface area contributed by atoms with E-state index in [9.17, 15) is 0 Å². The monoisotopic (exact) mass is 282 g/mol. The Labute approximate surface area is 128 Å². The Morgan fingerprint density at radius 2 is 1.43 bits per heavy atom. The fraction of sp³-hybridized carbons (Fsp3) is 0.368. The van der Waals surface area contributed by atoms with Crippen LogP contribution in [0.5, 0.6) is 0 Å². The summed E-state index contributed by atoms with van der Waals surface area (Å²) >= 11 is 0. The van der Waals surface area contributed by atoms with E-state index in [-0.39, 0.29) is 6.04 Å². The van der Waals surface area contributed by atoms with E-state index >= 15 is 0 Å². The van der Waals surface area contributed by atoms with Crippen molar-refractivity contribution >= 4 is 0 Å². The van der Waals surface area contributed by atoms with Gasteiger partial charge >= 0.3 is 0 Å². The molecule has 0 saturated heterocycles. The molecule has 0 aromatic heterocycles. The van der Waals surface area contributed by atoms with Gasteiger partial charge in [-0.2, -0.15) is 0 Å². The minimum absolute atomic E-state index is 0.144. The van der Waals surface area contributed by atoms with Gasteiger partial charge in [0.15, 0.2) is 0 Å². The lowest BCUT2D eigenvalue weighted by atomic mass is 9.90. The summed E-state index contributed by atoms with van der Waals surface area (Å²) in [6.07, 6.45) is 0.915. The van der Waals surface area contributed by atoms with E-state index in [0.29, 0.717) is 0 Å². The molecule has 0 amide bonds. The summed E-state index contributed by atoms with van der Waals surface area (Å²) in [5, 5.41) is 0. The van der Waals surface area contributed by atoms with Gasteiger partial charge in [0, 0.05) is 0 Å². The van der Waals surface area contributed by atoms with Gasteiger partial charge in [0.1, 0.15) is 0 Å². The summed E-state index contributed by atoms with van der Waals surface area (Å²) < 4.78 is 0. The third kappa shape index (κ3) is 3.52. The Morgan fingerprint density at radius 1 is 0.857 bits per heavy atom. The highest BCUT2D eigenvalue weighted by Crippen LogP contribution is 2.26. The van der Waals surface area contributed by atoms with Gasteiger partial charge in [0.2, 0.25) is 0 Å². The highest BCUT2D eigenvalue weighted by atomic mass is 15.2. The van der Waals surface area contributed by atoms with Crippen LogP contribution in [0.4, 0.5) is 0 Å². The Hall–Kier alpha value is -1.64. The highest BCUT2D eigenvalue weighted by Gasteiger charge is 2.15. The summed E-state index contributed by atoms with van der Waals surface area (Å²) in [4.78, 5) is 0. The summed E-state index contributed by atoms with van der Waals surface area (Å²) in [6.45, 7) is 10.8. The van der Waals surface area contributed by atoms with E-state index in [2.05, 4.69) is 70.4 Å². The zero-order chi connectivity index (χ0) is 15.6. The van der Waals surface area contributed by atoms with Crippen molar-refractivity contribution < 1.29 is 0 Å². The largest absolute Gasteiger partial charge is 0.271 e. The predicted molar refractivity (Wildman–Crippen MR) is 90.3 cm³/mol. The Balaban J connectivity index is 2.36. The van der Waals surface area contributed by atoms with E-state index in [1.54, 1.807) is 0 Å². The number of hydrazine groups is 1. The fourth-order valence-corrected chi connectivity index (χ4v) is 3.21. The third-order valence-electron chi connectivity index (χ3n) is 4.25. The van der Waals surface area contributed by atoms with Crippen LogP contribution < -0.4 is 11.3 Å². The van der Waals surface area contributed by atoms with Gasteiger partial charge in [0.25, 0.3) is 0 Å². The minimum atomic E-state index is 0.144. The normalized spacial score (nSPS) is 12.5. The molecule has 112 valence electrons. The van der Waals surface area contributed by atoms with Crippen molar-refractivity contribution in [3.63, 3.8) is 0 Å². The summed E-state index contributed by atoms with van der Waals surface area (Å²) in [6, 6.07) is 11.2. The summed E-state index contributed by atoms with van der Waals surface area (Å²) in [5.41, 5.74) is 12.3. The molecule has 1 unspecified atom stereocenters. The lowest BCUT2D eigenvalue weighted by Gasteiger charge is -2.21. The molecule has 0 spiro atoms. The van der Waals surface area contributed by atoms with E-state index in [1.165, 1.54) is 38.9 Å². The lowest BCUT2D eigenvalue weighted by Crippen LogP contribution is -2.30. The first-order chi connectivity index (χ1) is 9.92. The molecule has 2 rings (SSSR count). The maximum Gasteiger partial charge on any atom is 0.0503 e. The maximum atomic E-state index is 5.84. The maximum absolute atomic E-state index is 5.84. The smallest absolute Gasteiger partial charge is 0.0503 e. The first kappa shape index (κ1) is 15.7. The van der Waals surface area contributed by atoms with Crippen molar-refractivity contribution in [2.24, 2.45) is 5.84 Å². The molecule has 0 bridgehead atoms. The molecular formula is C19H26N2. The molecule has 21 heavy (non-hydrogen) atoms. The van der Waals surface area contributed by atoms with Gasteiger partial charge in [-0.3, -0.25) is 11.3 Å². The minimum Gasteiger partial charge on any atom is -0.271 e. The topological polar surface area (TPSA) is 38.0 Å². The molecule has 2 aromatic carbocycles. The van der Waals surface area contributed by atoms with Crippen molar-refractivity contribution in [2.75, 3.05) is 0 Å². The van der Waals surface area contributed by atoms with E-state index in [4.69, 9.17) is 5.84 Å². The van der Waals surface area contributed by atoms with Gasteiger partial charge in [-0.25, -0.2) is 0 Å². The molecule has 2 aromatic rings. The molecule has 1 atom stereocenters.